The second-order valence-corrected chi connectivity index (χ2v) is 5.58. The maximum absolute atomic E-state index is 11.0. The Morgan fingerprint density at radius 2 is 1.77 bits per heavy atom. The largest absolute Gasteiger partial charge is 0.397 e. The molecule has 22 heavy (non-hydrogen) atoms. The molecule has 8 heteroatoms. The van der Waals surface area contributed by atoms with Crippen molar-refractivity contribution in [2.24, 2.45) is 5.73 Å². The van der Waals surface area contributed by atoms with Gasteiger partial charge in [0, 0.05) is 10.6 Å². The van der Waals surface area contributed by atoms with Crippen LogP contribution in [0.3, 0.4) is 0 Å². The Morgan fingerprint density at radius 1 is 1.14 bits per heavy atom. The van der Waals surface area contributed by atoms with Crippen LogP contribution in [0.2, 0.25) is 5.02 Å². The van der Waals surface area contributed by atoms with Crippen LogP contribution in [0.5, 0.6) is 0 Å². The smallest absolute Gasteiger partial charge is 0.221 e. The van der Waals surface area contributed by atoms with E-state index in [1.807, 2.05) is 12.1 Å². The van der Waals surface area contributed by atoms with Crippen LogP contribution < -0.4 is 17.2 Å². The van der Waals surface area contributed by atoms with E-state index in [2.05, 4.69) is 15.7 Å². The molecule has 0 saturated carbocycles. The summed E-state index contributed by atoms with van der Waals surface area (Å²) in [4.78, 5) is 20.4. The molecule has 0 aliphatic rings. The normalized spacial score (nSPS) is 10.1. The number of hydrogen-bond acceptors (Lipinski definition) is 7. The van der Waals surface area contributed by atoms with Crippen LogP contribution in [0.1, 0.15) is 9.67 Å². The fraction of sp³-hybridized carbons (Fsp3) is 0.0714. The monoisotopic (exact) mass is 335 g/mol. The Labute approximate surface area is 135 Å². The molecule has 3 rings (SSSR count). The number of thiophene rings is 1. The molecule has 114 valence electrons. The summed E-state index contributed by atoms with van der Waals surface area (Å²) in [6.07, 6.45) is 0.712. The van der Waals surface area contributed by atoms with Gasteiger partial charge in [-0.3, -0.25) is 4.79 Å². The summed E-state index contributed by atoms with van der Waals surface area (Å²) >= 11 is 7.08. The number of carbonyl (C=O) groups is 1. The number of carbonyl (C=O) groups excluding carboxylic acids is 1. The quantitative estimate of drug-likeness (QED) is 0.619. The third-order valence-electron chi connectivity index (χ3n) is 2.86. The van der Waals surface area contributed by atoms with Crippen LogP contribution >= 0.6 is 22.9 Å². The molecule has 0 atom stereocenters. The van der Waals surface area contributed by atoms with Gasteiger partial charge in [0.25, 0.3) is 0 Å². The summed E-state index contributed by atoms with van der Waals surface area (Å²) in [5.41, 5.74) is 18.0. The number of benzene rings is 1. The topological polar surface area (TPSA) is 121 Å². The number of anilines is 2. The van der Waals surface area contributed by atoms with Crippen molar-refractivity contribution in [1.29, 1.82) is 0 Å². The lowest BCUT2D eigenvalue weighted by Gasteiger charge is -2.05. The maximum atomic E-state index is 11.0. The number of aldehydes is 1. The highest BCUT2D eigenvalue weighted by molar-refractivity contribution is 7.21. The molecule has 0 saturated heterocycles. The SMILES string of the molecule is CN.Nc1nc(-c2ccc(Cl)cc2)c2c(N)c(C=O)sc2n1. The van der Waals surface area contributed by atoms with Gasteiger partial charge in [-0.15, -0.1) is 11.3 Å². The van der Waals surface area contributed by atoms with Crippen molar-refractivity contribution in [1.82, 2.24) is 9.97 Å². The van der Waals surface area contributed by atoms with E-state index >= 15 is 0 Å². The van der Waals surface area contributed by atoms with Gasteiger partial charge in [-0.25, -0.2) is 9.97 Å². The van der Waals surface area contributed by atoms with Crippen molar-refractivity contribution in [2.75, 3.05) is 18.5 Å². The number of nitrogens with two attached hydrogens (primary N) is 3. The summed E-state index contributed by atoms with van der Waals surface area (Å²) in [7, 11) is 1.50. The Morgan fingerprint density at radius 3 is 2.36 bits per heavy atom. The number of aromatic nitrogens is 2. The Hall–Kier alpha value is -2.22. The third kappa shape index (κ3) is 2.87. The zero-order valence-corrected chi connectivity index (χ0v) is 13.3. The molecule has 2 heterocycles. The summed E-state index contributed by atoms with van der Waals surface area (Å²) in [6.45, 7) is 0. The van der Waals surface area contributed by atoms with E-state index in [-0.39, 0.29) is 5.95 Å². The minimum atomic E-state index is 0.140. The lowest BCUT2D eigenvalue weighted by Crippen LogP contribution is -1.98. The second-order valence-electron chi connectivity index (χ2n) is 4.12. The molecule has 6 nitrogen and oxygen atoms in total. The lowest BCUT2D eigenvalue weighted by atomic mass is 10.1. The number of halogens is 1. The van der Waals surface area contributed by atoms with Crippen LogP contribution in [0, 0.1) is 0 Å². The van der Waals surface area contributed by atoms with Crippen molar-refractivity contribution in [3.8, 4) is 11.3 Å². The first-order chi connectivity index (χ1) is 10.6. The van der Waals surface area contributed by atoms with Gasteiger partial charge in [0.2, 0.25) is 5.95 Å². The molecule has 0 amide bonds. The highest BCUT2D eigenvalue weighted by atomic mass is 35.5. The summed E-state index contributed by atoms with van der Waals surface area (Å²) in [6, 6.07) is 7.15. The van der Waals surface area contributed by atoms with Crippen LogP contribution in [-0.2, 0) is 0 Å². The molecule has 0 radical (unpaired) electrons. The van der Waals surface area contributed by atoms with Crippen LogP contribution in [-0.4, -0.2) is 23.3 Å². The first-order valence-corrected chi connectivity index (χ1v) is 7.44. The number of nitrogen functional groups attached to an aromatic ring is 2. The molecule has 0 spiro atoms. The average Bonchev–Trinajstić information content (AvgIpc) is 2.85. The van der Waals surface area contributed by atoms with E-state index in [0.29, 0.717) is 37.8 Å². The zero-order chi connectivity index (χ0) is 16.3. The predicted octanol–water partition coefficient (Wildman–Crippen LogP) is 2.56. The lowest BCUT2D eigenvalue weighted by molar-refractivity contribution is 0.112. The molecule has 0 bridgehead atoms. The molecule has 0 fully saturated rings. The summed E-state index contributed by atoms with van der Waals surface area (Å²) in [5, 5.41) is 1.27. The second kappa shape index (κ2) is 6.69. The highest BCUT2D eigenvalue weighted by Gasteiger charge is 2.17. The van der Waals surface area contributed by atoms with Crippen molar-refractivity contribution < 1.29 is 4.79 Å². The minimum Gasteiger partial charge on any atom is -0.397 e. The molecule has 2 aromatic heterocycles. The van der Waals surface area contributed by atoms with Gasteiger partial charge in [-0.1, -0.05) is 23.7 Å². The van der Waals surface area contributed by atoms with Crippen LogP contribution in [0.15, 0.2) is 24.3 Å². The van der Waals surface area contributed by atoms with E-state index in [4.69, 9.17) is 23.1 Å². The van der Waals surface area contributed by atoms with Crippen molar-refractivity contribution in [3.63, 3.8) is 0 Å². The van der Waals surface area contributed by atoms with Gasteiger partial charge < -0.3 is 17.2 Å². The van der Waals surface area contributed by atoms with E-state index in [9.17, 15) is 4.79 Å². The molecule has 0 aliphatic heterocycles. The van der Waals surface area contributed by atoms with Gasteiger partial charge in [0.05, 0.1) is 21.6 Å². The molecule has 3 aromatic rings. The van der Waals surface area contributed by atoms with Crippen molar-refractivity contribution in [3.05, 3.63) is 34.2 Å². The standard InChI is InChI=1S/C13H9ClN4OS.CH5N/c14-7-3-1-6(2-4-7)11-9-10(15)8(5-19)20-12(9)18-13(16)17-11;1-2/h1-5H,15H2,(H2,16,17,18);2H2,1H3. The molecule has 1 aromatic carbocycles. The van der Waals surface area contributed by atoms with E-state index in [1.54, 1.807) is 12.1 Å². The Balaban J connectivity index is 0.000000847. The van der Waals surface area contributed by atoms with Gasteiger partial charge in [0.1, 0.15) is 4.83 Å². The van der Waals surface area contributed by atoms with E-state index in [1.165, 1.54) is 18.4 Å². The summed E-state index contributed by atoms with van der Waals surface area (Å²) in [5.74, 6) is 0.140. The minimum absolute atomic E-state index is 0.140. The predicted molar refractivity (Wildman–Crippen MR) is 92.2 cm³/mol. The number of rotatable bonds is 2. The van der Waals surface area contributed by atoms with Crippen LogP contribution in [0.4, 0.5) is 11.6 Å². The average molecular weight is 336 g/mol. The molecule has 0 unspecified atom stereocenters. The molecule has 6 N–H and O–H groups in total. The number of nitrogens with zero attached hydrogens (tertiary/aromatic N) is 2. The van der Waals surface area contributed by atoms with Crippen LogP contribution in [0.25, 0.3) is 21.5 Å². The fourth-order valence-electron chi connectivity index (χ4n) is 1.96. The molecular formula is C14H14ClN5OS. The number of hydrogen-bond donors (Lipinski definition) is 3. The van der Waals surface area contributed by atoms with Gasteiger partial charge in [0.15, 0.2) is 6.29 Å². The summed E-state index contributed by atoms with van der Waals surface area (Å²) < 4.78 is 0. The fourth-order valence-corrected chi connectivity index (χ4v) is 3.00. The Bertz CT molecular complexity index is 816. The van der Waals surface area contributed by atoms with E-state index < -0.39 is 0 Å². The van der Waals surface area contributed by atoms with Crippen molar-refractivity contribution >= 4 is 51.1 Å². The zero-order valence-electron chi connectivity index (χ0n) is 11.7. The highest BCUT2D eigenvalue weighted by Crippen LogP contribution is 2.38. The van der Waals surface area contributed by atoms with E-state index in [0.717, 1.165) is 5.56 Å². The molecule has 0 aliphatic carbocycles. The Kier molecular flexibility index (Phi) is 4.92. The van der Waals surface area contributed by atoms with Gasteiger partial charge in [-0.2, -0.15) is 0 Å². The maximum Gasteiger partial charge on any atom is 0.221 e. The van der Waals surface area contributed by atoms with Gasteiger partial charge >= 0.3 is 0 Å². The van der Waals surface area contributed by atoms with Crippen molar-refractivity contribution in [2.45, 2.75) is 0 Å². The van der Waals surface area contributed by atoms with Gasteiger partial charge in [-0.05, 0) is 19.2 Å². The molecular weight excluding hydrogens is 322 g/mol. The first-order valence-electron chi connectivity index (χ1n) is 6.24. The first kappa shape index (κ1) is 16.2. The number of fused-ring (bicyclic) bond motifs is 1. The third-order valence-corrected chi connectivity index (χ3v) is 4.14.